The number of aromatic hydroxyl groups is 1. The zero-order chi connectivity index (χ0) is 12.6. The van der Waals surface area contributed by atoms with Gasteiger partial charge in [-0.1, -0.05) is 6.07 Å². The first-order chi connectivity index (χ1) is 7.99. The van der Waals surface area contributed by atoms with E-state index < -0.39 is 11.4 Å². The quantitative estimate of drug-likeness (QED) is 0.820. The number of Topliss-reactive ketones (excluding diaryl/α,β-unsaturated/α-hetero) is 1. The van der Waals surface area contributed by atoms with Crippen LogP contribution >= 0.6 is 0 Å². The summed E-state index contributed by atoms with van der Waals surface area (Å²) < 4.78 is 4.88. The highest BCUT2D eigenvalue weighted by Gasteiger charge is 2.51. The Morgan fingerprint density at radius 3 is 2.47 bits per heavy atom. The molecule has 0 heterocycles. The van der Waals surface area contributed by atoms with Crippen LogP contribution in [0.4, 0.5) is 0 Å². The fraction of sp³-hybridized carbons (Fsp3) is 0.333. The number of phenolic OH excluding ortho intramolecular Hbond substituents is 1. The third-order valence-corrected chi connectivity index (χ3v) is 3.14. The van der Waals surface area contributed by atoms with Gasteiger partial charge in [0.25, 0.3) is 0 Å². The molecule has 2 rings (SSSR count). The summed E-state index contributed by atoms with van der Waals surface area (Å²) in [5.41, 5.74) is -0.746. The fourth-order valence-electron chi connectivity index (χ4n) is 2.09. The standard InChI is InChI=1S/C12H12O5/c1-17-10-3-2-7(4-9(10)14)12(11(15)16)5-8(13)6-12/h2-4,14H,5-6H2,1H3,(H,15,16). The average Bonchev–Trinajstić information content (AvgIpc) is 2.24. The smallest absolute Gasteiger partial charge is 0.315 e. The minimum absolute atomic E-state index is 0.0197. The summed E-state index contributed by atoms with van der Waals surface area (Å²) in [6.45, 7) is 0. The Morgan fingerprint density at radius 1 is 1.41 bits per heavy atom. The third kappa shape index (κ3) is 1.63. The number of carboxylic acids is 1. The maximum absolute atomic E-state index is 11.3. The molecule has 1 aromatic rings. The molecular formula is C12H12O5. The number of carboxylic acid groups (broad SMARTS) is 1. The minimum atomic E-state index is -1.18. The van der Waals surface area contributed by atoms with Crippen LogP contribution in [0.25, 0.3) is 0 Å². The first-order valence-corrected chi connectivity index (χ1v) is 5.12. The van der Waals surface area contributed by atoms with Crippen molar-refractivity contribution in [3.63, 3.8) is 0 Å². The molecule has 0 bridgehead atoms. The number of rotatable bonds is 3. The number of phenols is 1. The number of aliphatic carboxylic acids is 1. The second kappa shape index (κ2) is 3.76. The van der Waals surface area contributed by atoms with Crippen molar-refractivity contribution >= 4 is 11.8 Å². The molecule has 0 spiro atoms. The Bertz CT molecular complexity index is 484. The van der Waals surface area contributed by atoms with E-state index in [-0.39, 0.29) is 30.1 Å². The lowest BCUT2D eigenvalue weighted by Gasteiger charge is -2.36. The highest BCUT2D eigenvalue weighted by Crippen LogP contribution is 2.43. The fourth-order valence-corrected chi connectivity index (χ4v) is 2.09. The molecule has 0 amide bonds. The maximum Gasteiger partial charge on any atom is 0.315 e. The predicted octanol–water partition coefficient (Wildman–Crippen LogP) is 1.09. The second-order valence-electron chi connectivity index (χ2n) is 4.17. The molecule has 0 radical (unpaired) electrons. The van der Waals surface area contributed by atoms with Gasteiger partial charge in [-0.3, -0.25) is 9.59 Å². The van der Waals surface area contributed by atoms with E-state index in [1.165, 1.54) is 19.2 Å². The molecule has 90 valence electrons. The molecule has 0 aliphatic heterocycles. The van der Waals surface area contributed by atoms with E-state index in [4.69, 9.17) is 4.74 Å². The number of hydrogen-bond donors (Lipinski definition) is 2. The van der Waals surface area contributed by atoms with Crippen LogP contribution in [0.5, 0.6) is 11.5 Å². The zero-order valence-corrected chi connectivity index (χ0v) is 9.27. The summed E-state index contributed by atoms with van der Waals surface area (Å²) in [6, 6.07) is 4.41. The lowest BCUT2D eigenvalue weighted by molar-refractivity contribution is -0.153. The lowest BCUT2D eigenvalue weighted by atomic mass is 9.63. The highest BCUT2D eigenvalue weighted by molar-refractivity contribution is 6.01. The molecular weight excluding hydrogens is 224 g/mol. The van der Waals surface area contributed by atoms with Gasteiger partial charge in [-0.2, -0.15) is 0 Å². The van der Waals surface area contributed by atoms with Crippen LogP contribution in [0.1, 0.15) is 18.4 Å². The largest absolute Gasteiger partial charge is 0.504 e. The van der Waals surface area contributed by atoms with Crippen LogP contribution in [0.15, 0.2) is 18.2 Å². The third-order valence-electron chi connectivity index (χ3n) is 3.14. The summed E-state index contributed by atoms with van der Waals surface area (Å²) in [6.07, 6.45) is -0.0395. The Balaban J connectivity index is 2.42. The number of methoxy groups -OCH3 is 1. The van der Waals surface area contributed by atoms with Crippen LogP contribution in [-0.2, 0) is 15.0 Å². The van der Waals surface area contributed by atoms with E-state index in [0.29, 0.717) is 5.56 Å². The van der Waals surface area contributed by atoms with Crippen LogP contribution in [0.3, 0.4) is 0 Å². The second-order valence-corrected chi connectivity index (χ2v) is 4.17. The van der Waals surface area contributed by atoms with Gasteiger partial charge in [-0.15, -0.1) is 0 Å². The van der Waals surface area contributed by atoms with Crippen LogP contribution in [-0.4, -0.2) is 29.1 Å². The Morgan fingerprint density at radius 2 is 2.06 bits per heavy atom. The van der Waals surface area contributed by atoms with Gasteiger partial charge in [-0.25, -0.2) is 0 Å². The van der Waals surface area contributed by atoms with Crippen molar-refractivity contribution in [2.45, 2.75) is 18.3 Å². The number of carbonyl (C=O) groups is 2. The van der Waals surface area contributed by atoms with Crippen molar-refractivity contribution in [2.75, 3.05) is 7.11 Å². The van der Waals surface area contributed by atoms with Gasteiger partial charge >= 0.3 is 5.97 Å². The van der Waals surface area contributed by atoms with E-state index in [9.17, 15) is 19.8 Å². The molecule has 1 aliphatic rings. The number of hydrogen-bond acceptors (Lipinski definition) is 4. The molecule has 2 N–H and O–H groups in total. The van der Waals surface area contributed by atoms with Gasteiger partial charge in [0.1, 0.15) is 11.2 Å². The molecule has 0 aromatic heterocycles. The first-order valence-electron chi connectivity index (χ1n) is 5.12. The Hall–Kier alpha value is -2.04. The topological polar surface area (TPSA) is 83.8 Å². The zero-order valence-electron chi connectivity index (χ0n) is 9.27. The molecule has 0 atom stereocenters. The van der Waals surface area contributed by atoms with Gasteiger partial charge < -0.3 is 14.9 Å². The lowest BCUT2D eigenvalue weighted by Crippen LogP contribution is -2.48. The molecule has 1 aromatic carbocycles. The molecule has 5 heteroatoms. The first kappa shape index (κ1) is 11.4. The summed E-state index contributed by atoms with van der Waals surface area (Å²) in [4.78, 5) is 22.3. The Kier molecular flexibility index (Phi) is 2.53. The van der Waals surface area contributed by atoms with Crippen LogP contribution in [0.2, 0.25) is 0 Å². The van der Waals surface area contributed by atoms with Crippen molar-refractivity contribution in [3.8, 4) is 11.5 Å². The normalized spacial score (nSPS) is 17.4. The van der Waals surface area contributed by atoms with E-state index in [2.05, 4.69) is 0 Å². The molecule has 1 aliphatic carbocycles. The van der Waals surface area contributed by atoms with E-state index in [1.807, 2.05) is 0 Å². The van der Waals surface area contributed by atoms with Crippen molar-refractivity contribution in [3.05, 3.63) is 23.8 Å². The van der Waals surface area contributed by atoms with Gasteiger partial charge in [0.15, 0.2) is 11.5 Å². The highest BCUT2D eigenvalue weighted by atomic mass is 16.5. The van der Waals surface area contributed by atoms with Gasteiger partial charge in [-0.05, 0) is 17.7 Å². The van der Waals surface area contributed by atoms with Crippen LogP contribution < -0.4 is 4.74 Å². The number of benzene rings is 1. The minimum Gasteiger partial charge on any atom is -0.504 e. The maximum atomic E-state index is 11.3. The van der Waals surface area contributed by atoms with Gasteiger partial charge in [0.2, 0.25) is 0 Å². The Labute approximate surface area is 97.6 Å². The molecule has 1 fully saturated rings. The van der Waals surface area contributed by atoms with Crippen LogP contribution in [0, 0.1) is 0 Å². The van der Waals surface area contributed by atoms with Crippen molar-refractivity contribution in [1.82, 2.24) is 0 Å². The number of ketones is 1. The molecule has 0 unspecified atom stereocenters. The van der Waals surface area contributed by atoms with Crippen molar-refractivity contribution < 1.29 is 24.5 Å². The molecule has 17 heavy (non-hydrogen) atoms. The number of ether oxygens (including phenoxy) is 1. The van der Waals surface area contributed by atoms with Gasteiger partial charge in [0, 0.05) is 12.8 Å². The predicted molar refractivity (Wildman–Crippen MR) is 58.2 cm³/mol. The molecule has 0 saturated heterocycles. The van der Waals surface area contributed by atoms with E-state index in [1.54, 1.807) is 6.07 Å². The van der Waals surface area contributed by atoms with Crippen molar-refractivity contribution in [1.29, 1.82) is 0 Å². The monoisotopic (exact) mass is 236 g/mol. The summed E-state index contributed by atoms with van der Waals surface area (Å²) in [7, 11) is 1.41. The summed E-state index contributed by atoms with van der Waals surface area (Å²) in [5.74, 6) is -0.964. The van der Waals surface area contributed by atoms with Crippen molar-refractivity contribution in [2.24, 2.45) is 0 Å². The summed E-state index contributed by atoms with van der Waals surface area (Å²) in [5, 5.41) is 18.8. The average molecular weight is 236 g/mol. The number of carbonyl (C=O) groups excluding carboxylic acids is 1. The summed E-state index contributed by atoms with van der Waals surface area (Å²) >= 11 is 0. The van der Waals surface area contributed by atoms with E-state index >= 15 is 0 Å². The SMILES string of the molecule is COc1ccc(C2(C(=O)O)CC(=O)C2)cc1O. The van der Waals surface area contributed by atoms with Gasteiger partial charge in [0.05, 0.1) is 7.11 Å². The molecule has 5 nitrogen and oxygen atoms in total. The van der Waals surface area contributed by atoms with E-state index in [0.717, 1.165) is 0 Å². The molecule has 1 saturated carbocycles.